The van der Waals surface area contributed by atoms with Crippen molar-refractivity contribution in [2.45, 2.75) is 24.9 Å². The van der Waals surface area contributed by atoms with Crippen LogP contribution in [-0.4, -0.2) is 20.4 Å². The third-order valence-corrected chi connectivity index (χ3v) is 5.44. The van der Waals surface area contributed by atoms with E-state index in [1.807, 2.05) is 20.0 Å². The minimum absolute atomic E-state index is 0.194. The second-order valence-corrected chi connectivity index (χ2v) is 7.39. The molecule has 2 heterocycles. The van der Waals surface area contributed by atoms with Crippen molar-refractivity contribution in [3.8, 4) is 0 Å². The van der Waals surface area contributed by atoms with Gasteiger partial charge in [0.2, 0.25) is 10.0 Å². The maximum absolute atomic E-state index is 12.3. The van der Waals surface area contributed by atoms with E-state index in [9.17, 15) is 8.42 Å². The van der Waals surface area contributed by atoms with Gasteiger partial charge in [-0.25, -0.2) is 13.1 Å². The molecule has 0 bridgehead atoms. The van der Waals surface area contributed by atoms with E-state index in [2.05, 4.69) is 15.0 Å². The number of hydrogen-bond acceptors (Lipinski definition) is 5. The van der Waals surface area contributed by atoms with E-state index in [4.69, 9.17) is 0 Å². The first kappa shape index (κ1) is 15.1. The fraction of sp³-hybridized carbons (Fsp3) is 0.308. The van der Waals surface area contributed by atoms with Crippen molar-refractivity contribution in [1.82, 2.24) is 15.0 Å². The van der Waals surface area contributed by atoms with Gasteiger partial charge in [-0.2, -0.15) is 0 Å². The van der Waals surface area contributed by atoms with Gasteiger partial charge in [-0.05, 0) is 32.2 Å². The average molecular weight is 311 g/mol. The molecular weight excluding hydrogens is 294 g/mol. The molecule has 5 nitrogen and oxygen atoms in total. The molecule has 0 spiro atoms. The SMILES string of the molecule is CNCc1cc(S(=O)(=O)NCc2ccccn2)c(C)s1. The quantitative estimate of drug-likeness (QED) is 0.851. The summed E-state index contributed by atoms with van der Waals surface area (Å²) in [4.78, 5) is 6.25. The smallest absolute Gasteiger partial charge is 0.242 e. The number of aryl methyl sites for hydroxylation is 1. The summed E-state index contributed by atoms with van der Waals surface area (Å²) in [6.07, 6.45) is 1.64. The molecule has 7 heteroatoms. The molecular formula is C13H17N3O2S2. The summed E-state index contributed by atoms with van der Waals surface area (Å²) in [5, 5.41) is 3.02. The summed E-state index contributed by atoms with van der Waals surface area (Å²) in [5.74, 6) is 0. The summed E-state index contributed by atoms with van der Waals surface area (Å²) in [7, 11) is -1.66. The van der Waals surface area contributed by atoms with Gasteiger partial charge < -0.3 is 5.32 Å². The van der Waals surface area contributed by atoms with E-state index in [1.54, 1.807) is 24.4 Å². The van der Waals surface area contributed by atoms with Gasteiger partial charge in [-0.1, -0.05) is 6.07 Å². The monoisotopic (exact) mass is 311 g/mol. The molecule has 108 valence electrons. The van der Waals surface area contributed by atoms with Crippen LogP contribution in [-0.2, 0) is 23.1 Å². The van der Waals surface area contributed by atoms with Gasteiger partial charge in [0.15, 0.2) is 0 Å². The molecule has 0 aliphatic carbocycles. The number of hydrogen-bond donors (Lipinski definition) is 2. The van der Waals surface area contributed by atoms with Gasteiger partial charge in [0.25, 0.3) is 0 Å². The number of nitrogens with one attached hydrogen (secondary N) is 2. The van der Waals surface area contributed by atoms with Crippen LogP contribution >= 0.6 is 11.3 Å². The lowest BCUT2D eigenvalue weighted by Gasteiger charge is -2.05. The first-order valence-electron chi connectivity index (χ1n) is 6.16. The Morgan fingerprint density at radius 1 is 1.30 bits per heavy atom. The van der Waals surface area contributed by atoms with E-state index >= 15 is 0 Å². The van der Waals surface area contributed by atoms with E-state index in [1.165, 1.54) is 11.3 Å². The molecule has 20 heavy (non-hydrogen) atoms. The lowest BCUT2D eigenvalue weighted by atomic mass is 10.4. The van der Waals surface area contributed by atoms with Crippen LogP contribution in [0.5, 0.6) is 0 Å². The van der Waals surface area contributed by atoms with Gasteiger partial charge >= 0.3 is 0 Å². The number of pyridine rings is 1. The molecule has 0 radical (unpaired) electrons. The van der Waals surface area contributed by atoms with Crippen LogP contribution in [0.15, 0.2) is 35.4 Å². The highest BCUT2D eigenvalue weighted by Crippen LogP contribution is 2.25. The molecule has 0 saturated heterocycles. The molecule has 2 aromatic rings. The van der Waals surface area contributed by atoms with Crippen molar-refractivity contribution >= 4 is 21.4 Å². The highest BCUT2D eigenvalue weighted by atomic mass is 32.2. The van der Waals surface area contributed by atoms with Gasteiger partial charge in [-0.15, -0.1) is 11.3 Å². The zero-order valence-corrected chi connectivity index (χ0v) is 13.0. The van der Waals surface area contributed by atoms with Crippen LogP contribution in [0.3, 0.4) is 0 Å². The van der Waals surface area contributed by atoms with Crippen LogP contribution in [0, 0.1) is 6.92 Å². The van der Waals surface area contributed by atoms with E-state index in [-0.39, 0.29) is 6.54 Å². The molecule has 0 amide bonds. The predicted molar refractivity (Wildman–Crippen MR) is 80.1 cm³/mol. The minimum Gasteiger partial charge on any atom is -0.315 e. The van der Waals surface area contributed by atoms with Crippen molar-refractivity contribution in [1.29, 1.82) is 0 Å². The summed E-state index contributed by atoms with van der Waals surface area (Å²) in [6, 6.07) is 7.13. The topological polar surface area (TPSA) is 71.1 Å². The molecule has 0 aromatic carbocycles. The average Bonchev–Trinajstić information content (AvgIpc) is 2.80. The normalized spacial score (nSPS) is 11.7. The zero-order chi connectivity index (χ0) is 14.6. The molecule has 0 aliphatic heterocycles. The molecule has 2 aromatic heterocycles. The van der Waals surface area contributed by atoms with Crippen LogP contribution in [0.25, 0.3) is 0 Å². The van der Waals surface area contributed by atoms with Crippen LogP contribution in [0.4, 0.5) is 0 Å². The zero-order valence-electron chi connectivity index (χ0n) is 11.4. The van der Waals surface area contributed by atoms with Gasteiger partial charge in [0.1, 0.15) is 0 Å². The van der Waals surface area contributed by atoms with Crippen molar-refractivity contribution in [2.24, 2.45) is 0 Å². The second kappa shape index (κ2) is 6.45. The Bertz CT molecular complexity index is 666. The highest BCUT2D eigenvalue weighted by molar-refractivity contribution is 7.89. The molecule has 0 aliphatic rings. The first-order chi connectivity index (χ1) is 9.53. The molecule has 0 fully saturated rings. The summed E-state index contributed by atoms with van der Waals surface area (Å²) in [5.41, 5.74) is 0.694. The molecule has 2 rings (SSSR count). The molecule has 2 N–H and O–H groups in total. The summed E-state index contributed by atoms with van der Waals surface area (Å²) >= 11 is 1.49. The van der Waals surface area contributed by atoms with Crippen LogP contribution in [0.1, 0.15) is 15.4 Å². The second-order valence-electron chi connectivity index (χ2n) is 4.31. The summed E-state index contributed by atoms with van der Waals surface area (Å²) < 4.78 is 27.2. The van der Waals surface area contributed by atoms with Crippen LogP contribution in [0.2, 0.25) is 0 Å². The largest absolute Gasteiger partial charge is 0.315 e. The van der Waals surface area contributed by atoms with Crippen molar-refractivity contribution in [3.05, 3.63) is 45.9 Å². The number of rotatable bonds is 6. The van der Waals surface area contributed by atoms with Gasteiger partial charge in [0, 0.05) is 22.5 Å². The van der Waals surface area contributed by atoms with Crippen molar-refractivity contribution in [2.75, 3.05) is 7.05 Å². The maximum Gasteiger partial charge on any atom is 0.242 e. The van der Waals surface area contributed by atoms with Gasteiger partial charge in [-0.3, -0.25) is 4.98 Å². The Balaban J connectivity index is 2.14. The van der Waals surface area contributed by atoms with E-state index in [0.717, 1.165) is 9.75 Å². The van der Waals surface area contributed by atoms with Gasteiger partial charge in [0.05, 0.1) is 17.1 Å². The fourth-order valence-electron chi connectivity index (χ4n) is 1.80. The number of thiophene rings is 1. The molecule has 0 atom stereocenters. The predicted octanol–water partition coefficient (Wildman–Crippen LogP) is 1.65. The maximum atomic E-state index is 12.3. The first-order valence-corrected chi connectivity index (χ1v) is 8.46. The highest BCUT2D eigenvalue weighted by Gasteiger charge is 2.19. The Kier molecular flexibility index (Phi) is 4.87. The van der Waals surface area contributed by atoms with Crippen molar-refractivity contribution in [3.63, 3.8) is 0 Å². The van der Waals surface area contributed by atoms with E-state index < -0.39 is 10.0 Å². The minimum atomic E-state index is -3.49. The fourth-order valence-corrected chi connectivity index (χ4v) is 4.45. The lowest BCUT2D eigenvalue weighted by Crippen LogP contribution is -2.23. The lowest BCUT2D eigenvalue weighted by molar-refractivity contribution is 0.580. The molecule has 0 saturated carbocycles. The Morgan fingerprint density at radius 2 is 2.10 bits per heavy atom. The number of nitrogens with zero attached hydrogens (tertiary/aromatic N) is 1. The Labute approximate surface area is 123 Å². The Hall–Kier alpha value is -1.28. The summed E-state index contributed by atoms with van der Waals surface area (Å²) in [6.45, 7) is 2.68. The van der Waals surface area contributed by atoms with Crippen LogP contribution < -0.4 is 10.0 Å². The number of sulfonamides is 1. The third-order valence-electron chi connectivity index (χ3n) is 2.73. The standard InChI is InChI=1S/C13H17N3O2S2/c1-10-13(7-12(19-10)9-14-2)20(17,18)16-8-11-5-3-4-6-15-11/h3-7,14,16H,8-9H2,1-2H3. The number of aromatic nitrogens is 1. The van der Waals surface area contributed by atoms with Crippen molar-refractivity contribution < 1.29 is 8.42 Å². The van der Waals surface area contributed by atoms with E-state index in [0.29, 0.717) is 17.1 Å². The Morgan fingerprint density at radius 3 is 2.75 bits per heavy atom. The molecule has 0 unspecified atom stereocenters. The third kappa shape index (κ3) is 3.63.